The minimum absolute atomic E-state index is 0.175. The van der Waals surface area contributed by atoms with Crippen LogP contribution >= 0.6 is 11.3 Å². The number of aromatic nitrogens is 1. The molecule has 0 aliphatic carbocycles. The molecule has 0 atom stereocenters. The van der Waals surface area contributed by atoms with Gasteiger partial charge in [0.1, 0.15) is 5.82 Å². The molecule has 25 heavy (non-hydrogen) atoms. The van der Waals surface area contributed by atoms with Crippen LogP contribution in [0.4, 0.5) is 9.52 Å². The van der Waals surface area contributed by atoms with Crippen LogP contribution in [0.2, 0.25) is 0 Å². The number of hydrogen-bond acceptors (Lipinski definition) is 3. The van der Waals surface area contributed by atoms with Crippen molar-refractivity contribution in [2.24, 2.45) is 0 Å². The molecule has 0 saturated heterocycles. The Balaban J connectivity index is 1.88. The number of amides is 1. The monoisotopic (exact) mass is 354 g/mol. The maximum absolute atomic E-state index is 13.2. The number of carbonyl (C=O) groups is 1. The molecule has 3 aromatic rings. The Hall–Kier alpha value is -2.53. The number of carbonyl (C=O) groups excluding carboxylic acids is 1. The number of thiazole rings is 1. The zero-order valence-corrected chi connectivity index (χ0v) is 15.0. The van der Waals surface area contributed by atoms with Crippen LogP contribution in [0.15, 0.2) is 48.5 Å². The number of halogens is 1. The molecule has 3 nitrogen and oxygen atoms in total. The highest BCUT2D eigenvalue weighted by Gasteiger charge is 2.15. The fraction of sp³-hybridized carbons (Fsp3) is 0.200. The van der Waals surface area contributed by atoms with Gasteiger partial charge in [-0.25, -0.2) is 9.37 Å². The van der Waals surface area contributed by atoms with Gasteiger partial charge in [-0.2, -0.15) is 0 Å². The third kappa shape index (κ3) is 4.12. The van der Waals surface area contributed by atoms with E-state index in [9.17, 15) is 9.18 Å². The van der Waals surface area contributed by atoms with Crippen LogP contribution < -0.4 is 5.32 Å². The van der Waals surface area contributed by atoms with Crippen LogP contribution in [0, 0.1) is 12.7 Å². The van der Waals surface area contributed by atoms with Crippen LogP contribution in [0.5, 0.6) is 0 Å². The fourth-order valence-electron chi connectivity index (χ4n) is 2.59. The fourth-order valence-corrected chi connectivity index (χ4v) is 3.67. The zero-order valence-electron chi connectivity index (χ0n) is 14.2. The van der Waals surface area contributed by atoms with E-state index < -0.39 is 0 Å². The lowest BCUT2D eigenvalue weighted by atomic mass is 10.1. The van der Waals surface area contributed by atoms with E-state index in [4.69, 9.17) is 0 Å². The van der Waals surface area contributed by atoms with Gasteiger partial charge in [-0.3, -0.25) is 10.1 Å². The lowest BCUT2D eigenvalue weighted by molar-refractivity contribution is 0.102. The first-order valence-corrected chi connectivity index (χ1v) is 9.02. The van der Waals surface area contributed by atoms with Crippen LogP contribution in [0.1, 0.15) is 34.1 Å². The summed E-state index contributed by atoms with van der Waals surface area (Å²) in [7, 11) is 0. The van der Waals surface area contributed by atoms with Crippen molar-refractivity contribution in [3.63, 3.8) is 0 Å². The second-order valence-electron chi connectivity index (χ2n) is 5.87. The van der Waals surface area contributed by atoms with E-state index in [0.29, 0.717) is 10.7 Å². The molecule has 0 spiro atoms. The third-order valence-corrected chi connectivity index (χ3v) is 4.82. The zero-order chi connectivity index (χ0) is 17.8. The first kappa shape index (κ1) is 17.3. The molecular formula is C20H19FN2OS. The molecule has 5 heteroatoms. The summed E-state index contributed by atoms with van der Waals surface area (Å²) in [5.74, 6) is -0.449. The largest absolute Gasteiger partial charge is 0.298 e. The maximum atomic E-state index is 13.2. The molecule has 1 aromatic heterocycles. The van der Waals surface area contributed by atoms with Crippen molar-refractivity contribution in [2.75, 3.05) is 5.32 Å². The van der Waals surface area contributed by atoms with Gasteiger partial charge in [0.2, 0.25) is 0 Å². The number of hydrogen-bond donors (Lipinski definition) is 1. The average molecular weight is 354 g/mol. The summed E-state index contributed by atoms with van der Waals surface area (Å²) in [5.41, 5.74) is 3.31. The van der Waals surface area contributed by atoms with E-state index >= 15 is 0 Å². The van der Waals surface area contributed by atoms with E-state index in [0.717, 1.165) is 34.5 Å². The molecule has 1 N–H and O–H groups in total. The second-order valence-corrected chi connectivity index (χ2v) is 6.95. The topological polar surface area (TPSA) is 42.0 Å². The van der Waals surface area contributed by atoms with Crippen molar-refractivity contribution >= 4 is 22.4 Å². The van der Waals surface area contributed by atoms with Gasteiger partial charge in [-0.15, -0.1) is 11.3 Å². The predicted molar refractivity (Wildman–Crippen MR) is 101 cm³/mol. The quantitative estimate of drug-likeness (QED) is 0.661. The molecule has 0 radical (unpaired) electrons. The van der Waals surface area contributed by atoms with Gasteiger partial charge in [0.05, 0.1) is 5.69 Å². The van der Waals surface area contributed by atoms with Gasteiger partial charge < -0.3 is 0 Å². The minimum Gasteiger partial charge on any atom is -0.298 e. The van der Waals surface area contributed by atoms with Crippen molar-refractivity contribution in [3.05, 3.63) is 70.4 Å². The summed E-state index contributed by atoms with van der Waals surface area (Å²) in [6, 6.07) is 13.7. The molecule has 0 aliphatic heterocycles. The molecule has 128 valence electrons. The highest BCUT2D eigenvalue weighted by Crippen LogP contribution is 2.32. The number of anilines is 1. The van der Waals surface area contributed by atoms with Crippen molar-refractivity contribution in [1.29, 1.82) is 0 Å². The van der Waals surface area contributed by atoms with Crippen molar-refractivity contribution in [2.45, 2.75) is 26.7 Å². The Morgan fingerprint density at radius 3 is 2.64 bits per heavy atom. The first-order chi connectivity index (χ1) is 12.1. The van der Waals surface area contributed by atoms with Crippen LogP contribution in [0.3, 0.4) is 0 Å². The number of rotatable bonds is 5. The van der Waals surface area contributed by atoms with Crippen LogP contribution in [-0.2, 0) is 6.42 Å². The van der Waals surface area contributed by atoms with Gasteiger partial charge in [-0.05, 0) is 49.7 Å². The molecule has 0 fully saturated rings. The van der Waals surface area contributed by atoms with Gasteiger partial charge in [0, 0.05) is 16.0 Å². The molecule has 0 saturated carbocycles. The number of nitrogens with zero attached hydrogens (tertiary/aromatic N) is 1. The lowest BCUT2D eigenvalue weighted by Gasteiger charge is -2.02. The van der Waals surface area contributed by atoms with E-state index in [1.807, 2.05) is 25.1 Å². The molecular weight excluding hydrogens is 335 g/mol. The summed E-state index contributed by atoms with van der Waals surface area (Å²) in [5, 5.41) is 3.44. The van der Waals surface area contributed by atoms with Crippen molar-refractivity contribution < 1.29 is 9.18 Å². The normalized spacial score (nSPS) is 10.7. The summed E-state index contributed by atoms with van der Waals surface area (Å²) < 4.78 is 13.2. The maximum Gasteiger partial charge on any atom is 0.257 e. The Morgan fingerprint density at radius 2 is 1.96 bits per heavy atom. The highest BCUT2D eigenvalue weighted by atomic mass is 32.1. The van der Waals surface area contributed by atoms with Gasteiger partial charge in [0.25, 0.3) is 5.91 Å². The number of nitrogens with one attached hydrogen (secondary N) is 1. The SMILES string of the molecule is CCCc1sc(NC(=O)c2cccc(C)c2)nc1-c1ccc(F)cc1. The van der Waals surface area contributed by atoms with Crippen LogP contribution in [0.25, 0.3) is 11.3 Å². The Bertz CT molecular complexity index is 887. The number of aryl methyl sites for hydroxylation is 2. The van der Waals surface area contributed by atoms with E-state index in [1.54, 1.807) is 18.2 Å². The summed E-state index contributed by atoms with van der Waals surface area (Å²) in [6.07, 6.45) is 1.84. The first-order valence-electron chi connectivity index (χ1n) is 8.20. The molecule has 3 rings (SSSR count). The molecule has 0 unspecified atom stereocenters. The van der Waals surface area contributed by atoms with Crippen LogP contribution in [-0.4, -0.2) is 10.9 Å². The standard InChI is InChI=1S/C20H19FN2OS/c1-3-5-17-18(14-8-10-16(21)11-9-14)22-20(25-17)23-19(24)15-7-4-6-13(2)12-15/h4,6-12H,3,5H2,1-2H3,(H,22,23,24). The smallest absolute Gasteiger partial charge is 0.257 e. The molecule has 1 heterocycles. The van der Waals surface area contributed by atoms with E-state index in [1.165, 1.54) is 23.5 Å². The molecule has 1 amide bonds. The van der Waals surface area contributed by atoms with Gasteiger partial charge in [-0.1, -0.05) is 31.0 Å². The van der Waals surface area contributed by atoms with E-state index in [2.05, 4.69) is 17.2 Å². The Labute approximate surface area is 150 Å². The molecule has 2 aromatic carbocycles. The van der Waals surface area contributed by atoms with Gasteiger partial charge >= 0.3 is 0 Å². The second kappa shape index (κ2) is 7.57. The Morgan fingerprint density at radius 1 is 1.20 bits per heavy atom. The minimum atomic E-state index is -0.274. The average Bonchev–Trinajstić information content (AvgIpc) is 2.98. The van der Waals surface area contributed by atoms with Crippen molar-refractivity contribution in [3.8, 4) is 11.3 Å². The summed E-state index contributed by atoms with van der Waals surface area (Å²) in [6.45, 7) is 4.05. The highest BCUT2D eigenvalue weighted by molar-refractivity contribution is 7.16. The Kier molecular flexibility index (Phi) is 5.24. The van der Waals surface area contributed by atoms with Crippen molar-refractivity contribution in [1.82, 2.24) is 4.98 Å². The predicted octanol–water partition coefficient (Wildman–Crippen LogP) is 5.46. The third-order valence-electron chi connectivity index (χ3n) is 3.79. The van der Waals surface area contributed by atoms with E-state index in [-0.39, 0.29) is 11.7 Å². The molecule has 0 aliphatic rings. The van der Waals surface area contributed by atoms with Gasteiger partial charge in [0.15, 0.2) is 5.13 Å². The summed E-state index contributed by atoms with van der Waals surface area (Å²) >= 11 is 1.47. The molecule has 0 bridgehead atoms. The lowest BCUT2D eigenvalue weighted by Crippen LogP contribution is -2.11. The number of benzene rings is 2. The summed E-state index contributed by atoms with van der Waals surface area (Å²) in [4.78, 5) is 18.1.